The highest BCUT2D eigenvalue weighted by molar-refractivity contribution is 6.10. The summed E-state index contributed by atoms with van der Waals surface area (Å²) in [5.41, 5.74) is 1.60. The van der Waals surface area contributed by atoms with Crippen molar-refractivity contribution in [2.45, 2.75) is 32.7 Å². The molecule has 0 radical (unpaired) electrons. The topological polar surface area (TPSA) is 75.7 Å². The first-order chi connectivity index (χ1) is 14.5. The van der Waals surface area contributed by atoms with Crippen LogP contribution in [0.4, 0.5) is 5.69 Å². The lowest BCUT2D eigenvalue weighted by Crippen LogP contribution is -2.46. The highest BCUT2D eigenvalue weighted by Gasteiger charge is 2.50. The lowest BCUT2D eigenvalue weighted by Gasteiger charge is -2.23. The minimum Gasteiger partial charge on any atom is -0.455 e. The fourth-order valence-corrected chi connectivity index (χ4v) is 3.95. The van der Waals surface area contributed by atoms with Crippen molar-refractivity contribution in [2.75, 3.05) is 5.32 Å². The zero-order valence-corrected chi connectivity index (χ0v) is 17.0. The van der Waals surface area contributed by atoms with Gasteiger partial charge in [-0.3, -0.25) is 19.3 Å². The molecule has 2 aliphatic rings. The first kappa shape index (κ1) is 19.9. The molecule has 30 heavy (non-hydrogen) atoms. The second-order valence-electron chi connectivity index (χ2n) is 7.78. The average molecular weight is 404 g/mol. The molecule has 154 valence electrons. The molecule has 4 rings (SSSR count). The van der Waals surface area contributed by atoms with E-state index in [2.05, 4.69) is 5.32 Å². The zero-order valence-electron chi connectivity index (χ0n) is 17.0. The fourth-order valence-electron chi connectivity index (χ4n) is 3.95. The lowest BCUT2D eigenvalue weighted by atomic mass is 9.85. The number of allylic oxidation sites excluding steroid dienone is 2. The van der Waals surface area contributed by atoms with E-state index in [0.717, 1.165) is 10.5 Å². The van der Waals surface area contributed by atoms with Gasteiger partial charge in [-0.15, -0.1) is 0 Å². The van der Waals surface area contributed by atoms with Crippen molar-refractivity contribution in [3.05, 3.63) is 66.2 Å². The number of carbonyl (C=O) groups is 3. The van der Waals surface area contributed by atoms with E-state index >= 15 is 0 Å². The monoisotopic (exact) mass is 404 g/mol. The standard InChI is InChI=1S/C24H24N2O4/c1-15-11-13-17(14-12-15)30-21-10-6-5-9-20(21)25-22(27)16(2)26-23(28)18-7-3-4-8-19(18)24(26)29/h3-6,9-14,16,18-19H,7-8H2,1-2H3,(H,25,27). The third-order valence-electron chi connectivity index (χ3n) is 5.70. The van der Waals surface area contributed by atoms with Crippen molar-refractivity contribution in [2.24, 2.45) is 11.8 Å². The summed E-state index contributed by atoms with van der Waals surface area (Å²) in [6.45, 7) is 3.58. The van der Waals surface area contributed by atoms with Gasteiger partial charge in [-0.1, -0.05) is 42.0 Å². The molecule has 0 bridgehead atoms. The third kappa shape index (κ3) is 3.73. The molecule has 2 aromatic rings. The minimum absolute atomic E-state index is 0.263. The van der Waals surface area contributed by atoms with Crippen molar-refractivity contribution in [1.29, 1.82) is 0 Å². The number of hydrogen-bond donors (Lipinski definition) is 1. The number of aryl methyl sites for hydroxylation is 1. The maximum absolute atomic E-state index is 12.9. The molecule has 2 aromatic carbocycles. The summed E-state index contributed by atoms with van der Waals surface area (Å²) in [6.07, 6.45) is 4.96. The molecule has 0 aromatic heterocycles. The Balaban J connectivity index is 1.49. The fraction of sp³-hybridized carbons (Fsp3) is 0.292. The van der Waals surface area contributed by atoms with Crippen molar-refractivity contribution < 1.29 is 19.1 Å². The van der Waals surface area contributed by atoms with Crippen LogP contribution in [0.2, 0.25) is 0 Å². The highest BCUT2D eigenvalue weighted by Crippen LogP contribution is 2.36. The number of rotatable bonds is 5. The van der Waals surface area contributed by atoms with Crippen LogP contribution in [0, 0.1) is 18.8 Å². The Labute approximate surface area is 175 Å². The van der Waals surface area contributed by atoms with E-state index in [1.807, 2.05) is 49.4 Å². The zero-order chi connectivity index (χ0) is 21.3. The molecule has 1 aliphatic heterocycles. The van der Waals surface area contributed by atoms with Crippen LogP contribution in [0.3, 0.4) is 0 Å². The number of para-hydroxylation sites is 2. The van der Waals surface area contributed by atoms with Gasteiger partial charge in [-0.2, -0.15) is 0 Å². The Morgan fingerprint density at radius 3 is 2.23 bits per heavy atom. The van der Waals surface area contributed by atoms with Crippen molar-refractivity contribution in [1.82, 2.24) is 4.90 Å². The molecule has 3 unspecified atom stereocenters. The van der Waals surface area contributed by atoms with Crippen LogP contribution in [0.1, 0.15) is 25.3 Å². The molecule has 0 saturated carbocycles. The van der Waals surface area contributed by atoms with Crippen LogP contribution >= 0.6 is 0 Å². The average Bonchev–Trinajstić information content (AvgIpc) is 3.01. The minimum atomic E-state index is -0.900. The largest absolute Gasteiger partial charge is 0.455 e. The predicted molar refractivity (Wildman–Crippen MR) is 113 cm³/mol. The molecule has 6 nitrogen and oxygen atoms in total. The molecule has 1 aliphatic carbocycles. The third-order valence-corrected chi connectivity index (χ3v) is 5.70. The van der Waals surface area contributed by atoms with Gasteiger partial charge in [0.15, 0.2) is 5.75 Å². The Kier molecular flexibility index (Phi) is 5.40. The summed E-state index contributed by atoms with van der Waals surface area (Å²) in [7, 11) is 0. The summed E-state index contributed by atoms with van der Waals surface area (Å²) in [5, 5.41) is 2.82. The van der Waals surface area contributed by atoms with Crippen molar-refractivity contribution in [3.8, 4) is 11.5 Å². The second kappa shape index (κ2) is 8.14. The number of nitrogens with one attached hydrogen (secondary N) is 1. The van der Waals surface area contributed by atoms with E-state index in [4.69, 9.17) is 4.74 Å². The van der Waals surface area contributed by atoms with Crippen LogP contribution in [-0.2, 0) is 14.4 Å². The lowest BCUT2D eigenvalue weighted by molar-refractivity contribution is -0.146. The van der Waals surface area contributed by atoms with Crippen LogP contribution in [0.15, 0.2) is 60.7 Å². The number of imide groups is 1. The molecule has 6 heteroatoms. The maximum atomic E-state index is 12.9. The highest BCUT2D eigenvalue weighted by atomic mass is 16.5. The number of likely N-dealkylation sites (tertiary alicyclic amines) is 1. The number of anilines is 1. The Morgan fingerprint density at radius 1 is 1.00 bits per heavy atom. The summed E-state index contributed by atoms with van der Waals surface area (Å²) in [4.78, 5) is 39.5. The van der Waals surface area contributed by atoms with E-state index in [1.165, 1.54) is 0 Å². The van der Waals surface area contributed by atoms with E-state index in [9.17, 15) is 14.4 Å². The quantitative estimate of drug-likeness (QED) is 0.602. The van der Waals surface area contributed by atoms with Gasteiger partial charge in [-0.05, 0) is 51.0 Å². The maximum Gasteiger partial charge on any atom is 0.247 e. The molecule has 3 amide bonds. The van der Waals surface area contributed by atoms with Gasteiger partial charge in [0.2, 0.25) is 17.7 Å². The van der Waals surface area contributed by atoms with Gasteiger partial charge in [0, 0.05) is 0 Å². The van der Waals surface area contributed by atoms with Crippen LogP contribution < -0.4 is 10.1 Å². The normalized spacial score (nSPS) is 21.3. The van der Waals surface area contributed by atoms with Crippen LogP contribution in [0.25, 0.3) is 0 Å². The number of benzene rings is 2. The number of hydrogen-bond acceptors (Lipinski definition) is 4. The molecule has 0 spiro atoms. The Hall–Kier alpha value is -3.41. The number of fused-ring (bicyclic) bond motifs is 1. The van der Waals surface area contributed by atoms with Gasteiger partial charge in [0.05, 0.1) is 17.5 Å². The summed E-state index contributed by atoms with van der Waals surface area (Å²) < 4.78 is 5.92. The van der Waals surface area contributed by atoms with Crippen LogP contribution in [-0.4, -0.2) is 28.7 Å². The molecule has 1 N–H and O–H groups in total. The number of amides is 3. The van der Waals surface area contributed by atoms with Crippen LogP contribution in [0.5, 0.6) is 11.5 Å². The smallest absolute Gasteiger partial charge is 0.247 e. The molecule has 1 saturated heterocycles. The van der Waals surface area contributed by atoms with E-state index in [0.29, 0.717) is 30.0 Å². The number of ether oxygens (including phenoxy) is 1. The van der Waals surface area contributed by atoms with E-state index in [1.54, 1.807) is 25.1 Å². The van der Waals surface area contributed by atoms with Gasteiger partial charge in [0.25, 0.3) is 0 Å². The van der Waals surface area contributed by atoms with Gasteiger partial charge < -0.3 is 10.1 Å². The van der Waals surface area contributed by atoms with Crippen molar-refractivity contribution in [3.63, 3.8) is 0 Å². The number of nitrogens with zero attached hydrogens (tertiary/aromatic N) is 1. The predicted octanol–water partition coefficient (Wildman–Crippen LogP) is 4.07. The van der Waals surface area contributed by atoms with E-state index in [-0.39, 0.29) is 23.7 Å². The molecule has 1 heterocycles. The summed E-state index contributed by atoms with van der Waals surface area (Å²) in [5.74, 6) is -0.522. The molecule has 1 fully saturated rings. The van der Waals surface area contributed by atoms with Gasteiger partial charge in [-0.25, -0.2) is 0 Å². The molecular formula is C24H24N2O4. The molecule has 3 atom stereocenters. The summed E-state index contributed by atoms with van der Waals surface area (Å²) >= 11 is 0. The SMILES string of the molecule is Cc1ccc(Oc2ccccc2NC(=O)C(C)N2C(=O)C3CC=CCC3C2=O)cc1. The van der Waals surface area contributed by atoms with Crippen molar-refractivity contribution >= 4 is 23.4 Å². The summed E-state index contributed by atoms with van der Waals surface area (Å²) in [6, 6.07) is 13.8. The first-order valence-corrected chi connectivity index (χ1v) is 10.1. The van der Waals surface area contributed by atoms with E-state index < -0.39 is 11.9 Å². The van der Waals surface area contributed by atoms with Gasteiger partial charge in [0.1, 0.15) is 11.8 Å². The number of carbonyl (C=O) groups excluding carboxylic acids is 3. The first-order valence-electron chi connectivity index (χ1n) is 10.1. The Morgan fingerprint density at radius 2 is 1.60 bits per heavy atom. The Bertz CT molecular complexity index is 986. The van der Waals surface area contributed by atoms with Gasteiger partial charge >= 0.3 is 0 Å². The second-order valence-corrected chi connectivity index (χ2v) is 7.78. The molecular weight excluding hydrogens is 380 g/mol.